The highest BCUT2D eigenvalue weighted by atomic mass is 35.5. The van der Waals surface area contributed by atoms with E-state index in [4.69, 9.17) is 21.4 Å². The fourth-order valence-electron chi connectivity index (χ4n) is 1.96. The second-order valence-electron chi connectivity index (χ2n) is 4.88. The van der Waals surface area contributed by atoms with Crippen LogP contribution in [0.3, 0.4) is 0 Å². The molecule has 0 saturated heterocycles. The maximum atomic E-state index is 11.6. The van der Waals surface area contributed by atoms with Crippen molar-refractivity contribution in [2.75, 3.05) is 6.54 Å². The molecule has 5 nitrogen and oxygen atoms in total. The second-order valence-corrected chi connectivity index (χ2v) is 5.32. The molecule has 0 aliphatic rings. The van der Waals surface area contributed by atoms with Gasteiger partial charge < -0.3 is 15.2 Å². The summed E-state index contributed by atoms with van der Waals surface area (Å²) in [5, 5.41) is 12.0. The molecule has 0 fully saturated rings. The molecule has 6 heteroatoms. The lowest BCUT2D eigenvalue weighted by Crippen LogP contribution is -2.24. The van der Waals surface area contributed by atoms with Crippen molar-refractivity contribution in [3.63, 3.8) is 0 Å². The monoisotopic (exact) mass is 345 g/mol. The molecule has 0 bridgehead atoms. The molecular weight excluding hydrogens is 330 g/mol. The highest BCUT2D eigenvalue weighted by molar-refractivity contribution is 6.31. The normalized spacial score (nSPS) is 10.5. The molecule has 0 spiro atoms. The van der Waals surface area contributed by atoms with Crippen LogP contribution in [-0.2, 0) is 11.3 Å². The lowest BCUT2D eigenvalue weighted by Gasteiger charge is -2.05. The molecule has 0 saturated carbocycles. The van der Waals surface area contributed by atoms with Crippen LogP contribution >= 0.6 is 11.6 Å². The highest BCUT2D eigenvalue weighted by Crippen LogP contribution is 2.17. The molecule has 2 aromatic carbocycles. The van der Waals surface area contributed by atoms with E-state index >= 15 is 0 Å². The van der Waals surface area contributed by atoms with Gasteiger partial charge in [0.25, 0.3) is 0 Å². The van der Waals surface area contributed by atoms with E-state index in [9.17, 15) is 9.59 Å². The number of carbonyl (C=O) groups excluding carboxylic acids is 1. The molecule has 0 heterocycles. The van der Waals surface area contributed by atoms with E-state index in [1.54, 1.807) is 24.3 Å². The number of rotatable bonds is 6. The number of nitrogens with one attached hydrogen (secondary N) is 1. The summed E-state index contributed by atoms with van der Waals surface area (Å²) in [7, 11) is 0. The van der Waals surface area contributed by atoms with Crippen molar-refractivity contribution in [3.05, 3.63) is 76.3 Å². The zero-order valence-corrected chi connectivity index (χ0v) is 13.5. The Morgan fingerprint density at radius 2 is 1.92 bits per heavy atom. The van der Waals surface area contributed by atoms with E-state index in [1.807, 2.05) is 30.3 Å². The van der Waals surface area contributed by atoms with Crippen LogP contribution in [0.5, 0.6) is 0 Å². The minimum Gasteiger partial charge on any atom is -0.478 e. The van der Waals surface area contributed by atoms with Crippen molar-refractivity contribution in [2.45, 2.75) is 6.61 Å². The number of benzene rings is 2. The van der Waals surface area contributed by atoms with Crippen LogP contribution in [-0.4, -0.2) is 23.7 Å². The van der Waals surface area contributed by atoms with Crippen molar-refractivity contribution >= 4 is 29.7 Å². The van der Waals surface area contributed by atoms with Crippen LogP contribution in [0.2, 0.25) is 5.02 Å². The van der Waals surface area contributed by atoms with Crippen LogP contribution < -0.4 is 5.32 Å². The molecule has 0 atom stereocenters. The Bertz CT molecular complexity index is 744. The Morgan fingerprint density at radius 3 is 2.62 bits per heavy atom. The third kappa shape index (κ3) is 5.44. The smallest absolute Gasteiger partial charge is 0.407 e. The molecule has 2 rings (SSSR count). The zero-order valence-electron chi connectivity index (χ0n) is 12.7. The Morgan fingerprint density at radius 1 is 1.17 bits per heavy atom. The van der Waals surface area contributed by atoms with Crippen LogP contribution in [0.25, 0.3) is 6.08 Å². The van der Waals surface area contributed by atoms with E-state index in [2.05, 4.69) is 5.32 Å². The first-order valence-corrected chi connectivity index (χ1v) is 7.58. The van der Waals surface area contributed by atoms with Gasteiger partial charge in [0.1, 0.15) is 6.61 Å². The van der Waals surface area contributed by atoms with Gasteiger partial charge >= 0.3 is 12.1 Å². The number of alkyl carbamates (subject to hydrolysis) is 1. The molecule has 0 aromatic heterocycles. The summed E-state index contributed by atoms with van der Waals surface area (Å²) >= 11 is 5.79. The predicted molar refractivity (Wildman–Crippen MR) is 92.1 cm³/mol. The summed E-state index contributed by atoms with van der Waals surface area (Å²) in [6.45, 7) is 0.409. The molecule has 0 aliphatic carbocycles. The maximum absolute atomic E-state index is 11.6. The second kappa shape index (κ2) is 8.74. The summed E-state index contributed by atoms with van der Waals surface area (Å²) in [6, 6.07) is 13.9. The van der Waals surface area contributed by atoms with Gasteiger partial charge in [-0.15, -0.1) is 0 Å². The van der Waals surface area contributed by atoms with E-state index in [1.165, 1.54) is 6.07 Å². The topological polar surface area (TPSA) is 75.6 Å². The first-order valence-electron chi connectivity index (χ1n) is 7.20. The van der Waals surface area contributed by atoms with Crippen molar-refractivity contribution in [2.24, 2.45) is 0 Å². The molecule has 124 valence electrons. The van der Waals surface area contributed by atoms with Gasteiger partial charge in [0.2, 0.25) is 0 Å². The molecule has 0 unspecified atom stereocenters. The summed E-state index contributed by atoms with van der Waals surface area (Å²) in [4.78, 5) is 22.7. The SMILES string of the molecule is O=C(NCC=Cc1ccc(Cl)cc1C(=O)O)OCc1ccccc1. The first kappa shape index (κ1) is 17.6. The van der Waals surface area contributed by atoms with Gasteiger partial charge in [-0.1, -0.05) is 60.2 Å². The van der Waals surface area contributed by atoms with Crippen molar-refractivity contribution in [1.82, 2.24) is 5.32 Å². The number of hydrogen-bond acceptors (Lipinski definition) is 3. The summed E-state index contributed by atoms with van der Waals surface area (Å²) in [5.74, 6) is -1.06. The van der Waals surface area contributed by atoms with Crippen LogP contribution in [0.4, 0.5) is 4.79 Å². The van der Waals surface area contributed by atoms with Crippen LogP contribution in [0, 0.1) is 0 Å². The number of hydrogen-bond donors (Lipinski definition) is 2. The van der Waals surface area contributed by atoms with Gasteiger partial charge in [-0.2, -0.15) is 0 Å². The summed E-state index contributed by atoms with van der Waals surface area (Å²) < 4.78 is 5.06. The maximum Gasteiger partial charge on any atom is 0.407 e. The first-order chi connectivity index (χ1) is 11.6. The summed E-state index contributed by atoms with van der Waals surface area (Å²) in [6.07, 6.45) is 2.70. The van der Waals surface area contributed by atoms with E-state index in [0.29, 0.717) is 10.6 Å². The Labute approximate surface area is 144 Å². The molecule has 2 N–H and O–H groups in total. The van der Waals surface area contributed by atoms with E-state index in [0.717, 1.165) is 5.56 Å². The average molecular weight is 346 g/mol. The van der Waals surface area contributed by atoms with E-state index in [-0.39, 0.29) is 18.7 Å². The van der Waals surface area contributed by atoms with Crippen molar-refractivity contribution < 1.29 is 19.4 Å². The van der Waals surface area contributed by atoms with Crippen molar-refractivity contribution in [3.8, 4) is 0 Å². The van der Waals surface area contributed by atoms with Gasteiger partial charge in [0.15, 0.2) is 0 Å². The molecule has 0 radical (unpaired) electrons. The van der Waals surface area contributed by atoms with Gasteiger partial charge in [0, 0.05) is 11.6 Å². The molecule has 2 aromatic rings. The quantitative estimate of drug-likeness (QED) is 0.830. The Hall–Kier alpha value is -2.79. The average Bonchev–Trinajstić information content (AvgIpc) is 2.58. The zero-order chi connectivity index (χ0) is 17.4. The van der Waals surface area contributed by atoms with Gasteiger partial charge in [-0.3, -0.25) is 0 Å². The van der Waals surface area contributed by atoms with Crippen molar-refractivity contribution in [1.29, 1.82) is 0 Å². The molecule has 1 amide bonds. The number of aromatic carboxylic acids is 1. The Kier molecular flexibility index (Phi) is 6.40. The predicted octanol–water partition coefficient (Wildman–Crippen LogP) is 3.98. The molecule has 0 aliphatic heterocycles. The fourth-order valence-corrected chi connectivity index (χ4v) is 2.13. The number of halogens is 1. The van der Waals surface area contributed by atoms with Crippen LogP contribution in [0.15, 0.2) is 54.6 Å². The molecular formula is C18H16ClNO4. The number of ether oxygens (including phenoxy) is 1. The van der Waals surface area contributed by atoms with Gasteiger partial charge in [-0.05, 0) is 23.3 Å². The lowest BCUT2D eigenvalue weighted by molar-refractivity contribution is 0.0696. The number of amides is 1. The van der Waals surface area contributed by atoms with Gasteiger partial charge in [-0.25, -0.2) is 9.59 Å². The lowest BCUT2D eigenvalue weighted by atomic mass is 10.1. The number of carboxylic acid groups (broad SMARTS) is 1. The number of carbonyl (C=O) groups is 2. The molecule has 24 heavy (non-hydrogen) atoms. The van der Waals surface area contributed by atoms with E-state index < -0.39 is 12.1 Å². The Balaban J connectivity index is 1.82. The fraction of sp³-hybridized carbons (Fsp3) is 0.111. The number of carboxylic acids is 1. The minimum atomic E-state index is -1.06. The summed E-state index contributed by atoms with van der Waals surface area (Å²) in [5.41, 5.74) is 1.51. The third-order valence-corrected chi connectivity index (χ3v) is 3.36. The standard InChI is InChI=1S/C18H16ClNO4/c19-15-9-8-14(16(11-15)17(21)22)7-4-10-20-18(23)24-12-13-5-2-1-3-6-13/h1-9,11H,10,12H2,(H,20,23)(H,21,22). The third-order valence-electron chi connectivity index (χ3n) is 3.12. The largest absolute Gasteiger partial charge is 0.478 e. The minimum absolute atomic E-state index is 0.102. The highest BCUT2D eigenvalue weighted by Gasteiger charge is 2.08. The van der Waals surface area contributed by atoms with Gasteiger partial charge in [0.05, 0.1) is 5.56 Å². The van der Waals surface area contributed by atoms with Crippen LogP contribution in [0.1, 0.15) is 21.5 Å².